The minimum atomic E-state index is 0.777. The predicted molar refractivity (Wildman–Crippen MR) is 89.1 cm³/mol. The first-order valence-electron chi connectivity index (χ1n) is 7.26. The molecule has 0 bridgehead atoms. The molecule has 1 aromatic carbocycles. The van der Waals surface area contributed by atoms with Gasteiger partial charge in [-0.1, -0.05) is 61.4 Å². The Balaban J connectivity index is 1.50. The Bertz CT molecular complexity index is 455. The molecule has 2 aromatic rings. The van der Waals surface area contributed by atoms with E-state index in [0.29, 0.717) is 0 Å². The van der Waals surface area contributed by atoms with E-state index in [0.717, 1.165) is 28.3 Å². The zero-order valence-corrected chi connectivity index (χ0v) is 13.9. The molecule has 1 atom stereocenters. The van der Waals surface area contributed by atoms with Gasteiger partial charge in [0.05, 0.1) is 16.1 Å². The summed E-state index contributed by atoms with van der Waals surface area (Å²) in [4.78, 5) is 1.32. The van der Waals surface area contributed by atoms with Crippen LogP contribution in [-0.4, -0.2) is 16.1 Å². The minimum Gasteiger partial charge on any atom is -0.376 e. The molecule has 0 fully saturated rings. The Hall–Kier alpha value is -0.903. The third-order valence-corrected chi connectivity index (χ3v) is 5.49. The summed E-state index contributed by atoms with van der Waals surface area (Å²) in [7, 11) is 0.933. The van der Waals surface area contributed by atoms with Crippen LogP contribution in [0.15, 0.2) is 47.8 Å². The summed E-state index contributed by atoms with van der Waals surface area (Å²) in [5.74, 6) is 0. The number of unbranched alkanes of at least 4 members (excludes halogenated alkanes) is 1. The molecule has 1 heterocycles. The highest BCUT2D eigenvalue weighted by Gasteiger charge is 2.04. The van der Waals surface area contributed by atoms with Gasteiger partial charge < -0.3 is 4.74 Å². The van der Waals surface area contributed by atoms with Crippen molar-refractivity contribution in [2.24, 2.45) is 0 Å². The Morgan fingerprint density at radius 2 is 1.95 bits per heavy atom. The first kappa shape index (κ1) is 15.5. The molecule has 0 unspecified atom stereocenters. The fourth-order valence-electron chi connectivity index (χ4n) is 2.11. The molecule has 2 rings (SSSR count). The largest absolute Gasteiger partial charge is 0.376 e. The van der Waals surface area contributed by atoms with Gasteiger partial charge in [0.2, 0.25) is 0 Å². The van der Waals surface area contributed by atoms with Gasteiger partial charge in [0, 0.05) is 11.5 Å². The van der Waals surface area contributed by atoms with E-state index in [1.807, 2.05) is 0 Å². The van der Waals surface area contributed by atoms with Gasteiger partial charge in [0.1, 0.15) is 0 Å². The predicted octanol–water partition coefficient (Wildman–Crippen LogP) is 4.27. The summed E-state index contributed by atoms with van der Waals surface area (Å²) >= 11 is 1.77. The molecule has 3 heteroatoms. The van der Waals surface area contributed by atoms with Crippen LogP contribution >= 0.6 is 11.3 Å². The molecule has 0 saturated carbocycles. The van der Waals surface area contributed by atoms with E-state index in [1.54, 1.807) is 11.3 Å². The Kier molecular flexibility index (Phi) is 7.05. The summed E-state index contributed by atoms with van der Waals surface area (Å²) < 4.78 is 5.69. The molecule has 0 amide bonds. The van der Waals surface area contributed by atoms with Crippen LogP contribution in [0, 0.1) is 0 Å². The molecule has 2 radical (unpaired) electrons. The van der Waals surface area contributed by atoms with Gasteiger partial charge in [-0.05, 0) is 23.4 Å². The van der Waals surface area contributed by atoms with E-state index < -0.39 is 0 Å². The molecule has 0 saturated heterocycles. The second-order valence-corrected chi connectivity index (χ2v) is 7.92. The average molecular weight is 303 g/mol. The van der Waals surface area contributed by atoms with Crippen molar-refractivity contribution < 1.29 is 4.74 Å². The maximum Gasteiger partial charge on any atom is 0.0839 e. The summed E-state index contributed by atoms with van der Waals surface area (Å²) in [5.41, 5.74) is 0.787. The number of ether oxygens (including phenoxy) is 1. The van der Waals surface area contributed by atoms with Gasteiger partial charge in [-0.3, -0.25) is 0 Å². The van der Waals surface area contributed by atoms with E-state index in [4.69, 9.17) is 4.74 Å². The van der Waals surface area contributed by atoms with E-state index >= 15 is 0 Å². The molecule has 0 aliphatic heterocycles. The van der Waals surface area contributed by atoms with Crippen molar-refractivity contribution in [3.05, 3.63) is 52.7 Å². The lowest BCUT2D eigenvalue weighted by atomic mass is 10.2. The molecule has 0 N–H and O–H groups in total. The molecule has 1 aromatic heterocycles. The van der Waals surface area contributed by atoms with Crippen molar-refractivity contribution in [3.63, 3.8) is 0 Å². The second kappa shape index (κ2) is 9.11. The van der Waals surface area contributed by atoms with Crippen LogP contribution < -0.4 is 5.19 Å². The SMILES string of the molecule is C[C@@H](CCCCOCc1cccs1)[Si]c1ccccc1. The Labute approximate surface area is 128 Å². The maximum atomic E-state index is 5.69. The van der Waals surface area contributed by atoms with Crippen LogP contribution in [0.4, 0.5) is 0 Å². The zero-order chi connectivity index (χ0) is 14.0. The van der Waals surface area contributed by atoms with Gasteiger partial charge in [0.25, 0.3) is 0 Å². The number of hydrogen-bond acceptors (Lipinski definition) is 2. The fourth-order valence-corrected chi connectivity index (χ4v) is 4.06. The normalized spacial score (nSPS) is 12.4. The van der Waals surface area contributed by atoms with Gasteiger partial charge in [-0.2, -0.15) is 0 Å². The molecule has 0 spiro atoms. The summed E-state index contributed by atoms with van der Waals surface area (Å²) in [6, 6.07) is 15.0. The van der Waals surface area contributed by atoms with Gasteiger partial charge in [0.15, 0.2) is 0 Å². The molecular weight excluding hydrogens is 280 g/mol. The summed E-state index contributed by atoms with van der Waals surface area (Å²) in [6.45, 7) is 4.02. The van der Waals surface area contributed by atoms with Crippen LogP contribution in [0.2, 0.25) is 5.54 Å². The van der Waals surface area contributed by atoms with Crippen molar-refractivity contribution in [1.29, 1.82) is 0 Å². The summed E-state index contributed by atoms with van der Waals surface area (Å²) in [6.07, 6.45) is 3.75. The molecule has 1 nitrogen and oxygen atoms in total. The van der Waals surface area contributed by atoms with Crippen molar-refractivity contribution in [2.45, 2.75) is 38.3 Å². The molecule has 106 valence electrons. The molecular formula is C17H22OSSi. The van der Waals surface area contributed by atoms with E-state index in [1.165, 1.54) is 29.3 Å². The van der Waals surface area contributed by atoms with Crippen molar-refractivity contribution in [3.8, 4) is 0 Å². The third kappa shape index (κ3) is 6.03. The first-order chi connectivity index (χ1) is 9.84. The number of benzene rings is 1. The van der Waals surface area contributed by atoms with Crippen LogP contribution in [-0.2, 0) is 11.3 Å². The third-order valence-electron chi connectivity index (χ3n) is 3.19. The van der Waals surface area contributed by atoms with Crippen molar-refractivity contribution in [2.75, 3.05) is 6.61 Å². The number of rotatable bonds is 9. The smallest absolute Gasteiger partial charge is 0.0839 e. The lowest BCUT2D eigenvalue weighted by molar-refractivity contribution is 0.119. The zero-order valence-electron chi connectivity index (χ0n) is 12.0. The standard InChI is InChI=1S/C17H22OSSi/c1-15(20-17-10-3-2-4-11-17)8-5-6-12-18-14-16-9-7-13-19-16/h2-4,7,9-11,13,15H,5-6,8,12,14H2,1H3/t15-/m0/s1. The average Bonchev–Trinajstić information content (AvgIpc) is 2.97. The minimum absolute atomic E-state index is 0.777. The Morgan fingerprint density at radius 1 is 1.10 bits per heavy atom. The van der Waals surface area contributed by atoms with Gasteiger partial charge >= 0.3 is 0 Å². The monoisotopic (exact) mass is 302 g/mol. The highest BCUT2D eigenvalue weighted by atomic mass is 32.1. The fraction of sp³-hybridized carbons (Fsp3) is 0.412. The highest BCUT2D eigenvalue weighted by molar-refractivity contribution is 7.09. The van der Waals surface area contributed by atoms with Crippen LogP contribution in [0.5, 0.6) is 0 Å². The van der Waals surface area contributed by atoms with Crippen molar-refractivity contribution in [1.82, 2.24) is 0 Å². The highest BCUT2D eigenvalue weighted by Crippen LogP contribution is 2.13. The maximum absolute atomic E-state index is 5.69. The topological polar surface area (TPSA) is 9.23 Å². The molecule has 0 aliphatic rings. The quantitative estimate of drug-likeness (QED) is 0.496. The van der Waals surface area contributed by atoms with E-state index in [9.17, 15) is 0 Å². The van der Waals surface area contributed by atoms with Crippen LogP contribution in [0.1, 0.15) is 31.1 Å². The number of thiophene rings is 1. The van der Waals surface area contributed by atoms with E-state index in [2.05, 4.69) is 54.8 Å². The summed E-state index contributed by atoms with van der Waals surface area (Å²) in [5, 5.41) is 3.58. The second-order valence-electron chi connectivity index (χ2n) is 5.04. The lowest BCUT2D eigenvalue weighted by Gasteiger charge is -2.10. The number of hydrogen-bond donors (Lipinski definition) is 0. The first-order valence-corrected chi connectivity index (χ1v) is 9.22. The van der Waals surface area contributed by atoms with E-state index in [-0.39, 0.29) is 0 Å². The van der Waals surface area contributed by atoms with Gasteiger partial charge in [-0.15, -0.1) is 11.3 Å². The van der Waals surface area contributed by atoms with Crippen LogP contribution in [0.25, 0.3) is 0 Å². The molecule has 0 aliphatic carbocycles. The Morgan fingerprint density at radius 3 is 2.70 bits per heavy atom. The van der Waals surface area contributed by atoms with Crippen LogP contribution in [0.3, 0.4) is 0 Å². The molecule has 20 heavy (non-hydrogen) atoms. The van der Waals surface area contributed by atoms with Gasteiger partial charge in [-0.25, -0.2) is 0 Å². The lowest BCUT2D eigenvalue weighted by Crippen LogP contribution is -2.17. The van der Waals surface area contributed by atoms with Crippen molar-refractivity contribution >= 4 is 26.0 Å².